The van der Waals surface area contributed by atoms with Crippen molar-refractivity contribution in [3.8, 4) is 5.75 Å². The molecule has 1 N–H and O–H groups in total. The molecule has 3 nitrogen and oxygen atoms in total. The van der Waals surface area contributed by atoms with E-state index >= 15 is 0 Å². The second kappa shape index (κ2) is 2.52. The number of ether oxygens (including phenoxy) is 1. The molecule has 0 saturated heterocycles. The second-order valence-corrected chi connectivity index (χ2v) is 2.72. The van der Waals surface area contributed by atoms with Gasteiger partial charge in [-0.15, -0.1) is 0 Å². The summed E-state index contributed by atoms with van der Waals surface area (Å²) in [5.74, 6) is 0.868. The van der Waals surface area contributed by atoms with Crippen LogP contribution in [0.15, 0.2) is 18.2 Å². The summed E-state index contributed by atoms with van der Waals surface area (Å²) >= 11 is 0. The predicted octanol–water partition coefficient (Wildman–Crippen LogP) is 1.88. The highest BCUT2D eigenvalue weighted by Crippen LogP contribution is 2.20. The third-order valence-electron chi connectivity index (χ3n) is 1.96. The highest BCUT2D eigenvalue weighted by atomic mass is 16.5. The summed E-state index contributed by atoms with van der Waals surface area (Å²) in [6.45, 7) is 1.97. The van der Waals surface area contributed by atoms with Crippen LogP contribution in [0.3, 0.4) is 0 Å². The van der Waals surface area contributed by atoms with Gasteiger partial charge in [-0.05, 0) is 25.1 Å². The minimum absolute atomic E-state index is 0.868. The van der Waals surface area contributed by atoms with E-state index in [-0.39, 0.29) is 0 Å². The van der Waals surface area contributed by atoms with Gasteiger partial charge >= 0.3 is 0 Å². The molecular formula is C9H10N2O. The first kappa shape index (κ1) is 7.16. The Morgan fingerprint density at radius 1 is 1.42 bits per heavy atom. The number of hydrogen-bond acceptors (Lipinski definition) is 2. The molecule has 0 amide bonds. The van der Waals surface area contributed by atoms with Crippen molar-refractivity contribution >= 4 is 10.9 Å². The Morgan fingerprint density at radius 2 is 2.25 bits per heavy atom. The lowest BCUT2D eigenvalue weighted by Gasteiger charge is -1.97. The van der Waals surface area contributed by atoms with Gasteiger partial charge in [0.15, 0.2) is 0 Å². The predicted molar refractivity (Wildman–Crippen MR) is 47.4 cm³/mol. The molecule has 62 valence electrons. The summed E-state index contributed by atoms with van der Waals surface area (Å²) in [4.78, 5) is 0. The first-order valence-electron chi connectivity index (χ1n) is 3.80. The van der Waals surface area contributed by atoms with Gasteiger partial charge in [0.05, 0.1) is 18.3 Å². The molecule has 12 heavy (non-hydrogen) atoms. The van der Waals surface area contributed by atoms with Crippen molar-refractivity contribution in [3.63, 3.8) is 0 Å². The highest BCUT2D eigenvalue weighted by molar-refractivity contribution is 5.82. The van der Waals surface area contributed by atoms with E-state index in [1.54, 1.807) is 7.11 Å². The van der Waals surface area contributed by atoms with Crippen LogP contribution in [0.25, 0.3) is 10.9 Å². The zero-order valence-electron chi connectivity index (χ0n) is 7.09. The standard InChI is InChI=1S/C9H10N2O/c1-6-8-5-7(12-2)3-4-9(8)11-10-6/h3-5H,1-2H3,(H,10,11). The molecular weight excluding hydrogens is 152 g/mol. The van der Waals surface area contributed by atoms with E-state index in [0.29, 0.717) is 0 Å². The van der Waals surface area contributed by atoms with Crippen LogP contribution in [0, 0.1) is 6.92 Å². The molecule has 0 aliphatic carbocycles. The molecule has 2 rings (SSSR count). The van der Waals surface area contributed by atoms with E-state index in [2.05, 4.69) is 10.2 Å². The first-order chi connectivity index (χ1) is 5.81. The number of aryl methyl sites for hydroxylation is 1. The molecule has 1 aromatic heterocycles. The summed E-state index contributed by atoms with van der Waals surface area (Å²) in [6.07, 6.45) is 0. The number of fused-ring (bicyclic) bond motifs is 1. The third kappa shape index (κ3) is 0.942. The van der Waals surface area contributed by atoms with Crippen LogP contribution in [-0.2, 0) is 0 Å². The van der Waals surface area contributed by atoms with E-state index in [4.69, 9.17) is 4.74 Å². The molecule has 0 saturated carbocycles. The summed E-state index contributed by atoms with van der Waals surface area (Å²) < 4.78 is 5.10. The van der Waals surface area contributed by atoms with Crippen molar-refractivity contribution in [2.24, 2.45) is 0 Å². The molecule has 3 heteroatoms. The minimum atomic E-state index is 0.868. The number of nitrogens with zero attached hydrogens (tertiary/aromatic N) is 1. The number of rotatable bonds is 1. The normalized spacial score (nSPS) is 10.5. The van der Waals surface area contributed by atoms with Crippen molar-refractivity contribution in [1.82, 2.24) is 10.2 Å². The van der Waals surface area contributed by atoms with Gasteiger partial charge in [0.2, 0.25) is 0 Å². The average Bonchev–Trinajstić information content (AvgIpc) is 2.47. The number of aromatic amines is 1. The zero-order valence-corrected chi connectivity index (χ0v) is 7.09. The van der Waals surface area contributed by atoms with Crippen molar-refractivity contribution in [1.29, 1.82) is 0 Å². The maximum absolute atomic E-state index is 5.10. The molecule has 0 aliphatic rings. The quantitative estimate of drug-likeness (QED) is 0.695. The fourth-order valence-electron chi connectivity index (χ4n) is 1.25. The molecule has 1 aromatic carbocycles. The van der Waals surface area contributed by atoms with E-state index in [0.717, 1.165) is 22.3 Å². The Balaban J connectivity index is 2.71. The van der Waals surface area contributed by atoms with Gasteiger partial charge in [-0.3, -0.25) is 5.10 Å². The third-order valence-corrected chi connectivity index (χ3v) is 1.96. The van der Waals surface area contributed by atoms with Gasteiger partial charge < -0.3 is 4.74 Å². The van der Waals surface area contributed by atoms with Crippen LogP contribution >= 0.6 is 0 Å². The Labute approximate surface area is 70.4 Å². The van der Waals surface area contributed by atoms with Gasteiger partial charge in [-0.2, -0.15) is 5.10 Å². The lowest BCUT2D eigenvalue weighted by molar-refractivity contribution is 0.415. The Hall–Kier alpha value is -1.51. The monoisotopic (exact) mass is 162 g/mol. The number of benzene rings is 1. The molecule has 0 bridgehead atoms. The average molecular weight is 162 g/mol. The van der Waals surface area contributed by atoms with Crippen LogP contribution < -0.4 is 4.74 Å². The molecule has 1 heterocycles. The zero-order chi connectivity index (χ0) is 8.55. The summed E-state index contributed by atoms with van der Waals surface area (Å²) in [6, 6.07) is 5.86. The largest absolute Gasteiger partial charge is 0.497 e. The van der Waals surface area contributed by atoms with Crippen molar-refractivity contribution < 1.29 is 4.74 Å². The Kier molecular flexibility index (Phi) is 1.50. The van der Waals surface area contributed by atoms with Crippen LogP contribution in [0.2, 0.25) is 0 Å². The Morgan fingerprint density at radius 3 is 3.00 bits per heavy atom. The fraction of sp³-hybridized carbons (Fsp3) is 0.222. The maximum atomic E-state index is 5.10. The van der Waals surface area contributed by atoms with Crippen molar-refractivity contribution in [2.45, 2.75) is 6.92 Å². The van der Waals surface area contributed by atoms with E-state index < -0.39 is 0 Å². The smallest absolute Gasteiger partial charge is 0.119 e. The van der Waals surface area contributed by atoms with E-state index in [1.807, 2.05) is 25.1 Å². The molecule has 2 aromatic rings. The molecule has 0 aliphatic heterocycles. The topological polar surface area (TPSA) is 37.9 Å². The van der Waals surface area contributed by atoms with Crippen LogP contribution in [-0.4, -0.2) is 17.3 Å². The number of aromatic nitrogens is 2. The second-order valence-electron chi connectivity index (χ2n) is 2.72. The molecule has 0 radical (unpaired) electrons. The van der Waals surface area contributed by atoms with Crippen LogP contribution in [0.4, 0.5) is 0 Å². The van der Waals surface area contributed by atoms with Crippen molar-refractivity contribution in [2.75, 3.05) is 7.11 Å². The Bertz CT molecular complexity index is 406. The number of nitrogens with one attached hydrogen (secondary N) is 1. The summed E-state index contributed by atoms with van der Waals surface area (Å²) in [5.41, 5.74) is 2.05. The fourth-order valence-corrected chi connectivity index (χ4v) is 1.25. The van der Waals surface area contributed by atoms with Gasteiger partial charge in [-0.1, -0.05) is 0 Å². The highest BCUT2D eigenvalue weighted by Gasteiger charge is 2.01. The first-order valence-corrected chi connectivity index (χ1v) is 3.80. The van der Waals surface area contributed by atoms with Crippen LogP contribution in [0.5, 0.6) is 5.75 Å². The number of methoxy groups -OCH3 is 1. The summed E-state index contributed by atoms with van der Waals surface area (Å²) in [7, 11) is 1.66. The SMILES string of the molecule is COc1ccc2[nH]nc(C)c2c1. The van der Waals surface area contributed by atoms with E-state index in [1.165, 1.54) is 0 Å². The van der Waals surface area contributed by atoms with Crippen molar-refractivity contribution in [3.05, 3.63) is 23.9 Å². The lowest BCUT2D eigenvalue weighted by Crippen LogP contribution is -1.81. The van der Waals surface area contributed by atoms with E-state index in [9.17, 15) is 0 Å². The minimum Gasteiger partial charge on any atom is -0.497 e. The van der Waals surface area contributed by atoms with Crippen LogP contribution in [0.1, 0.15) is 5.69 Å². The number of hydrogen-bond donors (Lipinski definition) is 1. The molecule has 0 fully saturated rings. The van der Waals surface area contributed by atoms with Gasteiger partial charge in [0.25, 0.3) is 0 Å². The van der Waals surface area contributed by atoms with Gasteiger partial charge in [-0.25, -0.2) is 0 Å². The summed E-state index contributed by atoms with van der Waals surface area (Å²) in [5, 5.41) is 8.14. The molecule has 0 unspecified atom stereocenters. The van der Waals surface area contributed by atoms with Gasteiger partial charge in [0, 0.05) is 5.39 Å². The molecule has 0 atom stereocenters. The molecule has 0 spiro atoms. The maximum Gasteiger partial charge on any atom is 0.119 e. The van der Waals surface area contributed by atoms with Gasteiger partial charge in [0.1, 0.15) is 5.75 Å². The lowest BCUT2D eigenvalue weighted by atomic mass is 10.2. The number of H-pyrrole nitrogens is 1.